The summed E-state index contributed by atoms with van der Waals surface area (Å²) in [7, 11) is 1.61. The maximum absolute atomic E-state index is 13.6. The molecule has 1 N–H and O–H groups in total. The van der Waals surface area contributed by atoms with Crippen LogP contribution in [0.25, 0.3) is 16.5 Å². The number of fused-ring (bicyclic) bond motifs is 1. The number of methoxy groups -OCH3 is 1. The summed E-state index contributed by atoms with van der Waals surface area (Å²) in [5, 5.41) is 13.9. The van der Waals surface area contributed by atoms with E-state index in [0.717, 1.165) is 48.6 Å². The van der Waals surface area contributed by atoms with Gasteiger partial charge in [0.2, 0.25) is 0 Å². The molecule has 1 fully saturated rings. The molecule has 4 aromatic rings. The number of benzene rings is 2. The summed E-state index contributed by atoms with van der Waals surface area (Å²) >= 11 is 0. The summed E-state index contributed by atoms with van der Waals surface area (Å²) in [4.78, 5) is 18.9. The predicted octanol–water partition coefficient (Wildman–Crippen LogP) is 5.05. The lowest BCUT2D eigenvalue weighted by atomic mass is 9.94. The first-order valence-corrected chi connectivity index (χ1v) is 13.3. The van der Waals surface area contributed by atoms with Gasteiger partial charge < -0.3 is 9.72 Å². The zero-order valence-corrected chi connectivity index (χ0v) is 21.4. The van der Waals surface area contributed by atoms with Crippen molar-refractivity contribution in [1.29, 1.82) is 0 Å². The number of aromatic nitrogens is 5. The van der Waals surface area contributed by atoms with Crippen molar-refractivity contribution in [1.82, 2.24) is 30.1 Å². The fourth-order valence-electron chi connectivity index (χ4n) is 5.84. The minimum Gasteiger partial charge on any atom is -0.497 e. The van der Waals surface area contributed by atoms with Gasteiger partial charge in [0.05, 0.1) is 18.7 Å². The second-order valence-corrected chi connectivity index (χ2v) is 10.2. The number of pyridine rings is 1. The number of aromatic amines is 1. The number of nitrogens with one attached hydrogen (secondary N) is 1. The van der Waals surface area contributed by atoms with E-state index >= 15 is 0 Å². The van der Waals surface area contributed by atoms with Crippen molar-refractivity contribution in [3.8, 4) is 5.75 Å². The van der Waals surface area contributed by atoms with Crippen molar-refractivity contribution in [2.24, 2.45) is 0 Å². The number of H-pyrrole nitrogens is 1. The van der Waals surface area contributed by atoms with Gasteiger partial charge in [-0.3, -0.25) is 9.69 Å². The van der Waals surface area contributed by atoms with Crippen molar-refractivity contribution >= 4 is 16.5 Å². The monoisotopic (exact) mass is 514 g/mol. The molecule has 1 aliphatic heterocycles. The molecule has 8 nitrogen and oxygen atoms in total. The second-order valence-electron chi connectivity index (χ2n) is 10.2. The van der Waals surface area contributed by atoms with Crippen molar-refractivity contribution in [2.45, 2.75) is 50.6 Å². The zero-order chi connectivity index (χ0) is 26.1. The Hall–Kier alpha value is -3.85. The number of rotatable bonds is 6. The highest BCUT2D eigenvalue weighted by atomic mass is 19.1. The molecule has 0 radical (unpaired) electrons. The molecule has 2 aromatic carbocycles. The Balaban J connectivity index is 1.41. The topological polar surface area (TPSA) is 88.9 Å². The molecule has 0 amide bonds. The molecule has 2 aliphatic rings. The summed E-state index contributed by atoms with van der Waals surface area (Å²) in [6.07, 6.45) is 8.55. The Morgan fingerprint density at radius 3 is 2.63 bits per heavy atom. The summed E-state index contributed by atoms with van der Waals surface area (Å²) in [5.41, 5.74) is 3.37. The Labute approximate surface area is 220 Å². The first-order chi connectivity index (χ1) is 18.6. The molecule has 0 bridgehead atoms. The molecule has 1 aliphatic carbocycles. The fraction of sp³-hybridized carbons (Fsp3) is 0.379. The van der Waals surface area contributed by atoms with Crippen LogP contribution in [0.5, 0.6) is 5.75 Å². The highest BCUT2D eigenvalue weighted by Crippen LogP contribution is 2.35. The molecule has 196 valence electrons. The predicted molar refractivity (Wildman–Crippen MR) is 143 cm³/mol. The Bertz CT molecular complexity index is 1520. The molecular weight excluding hydrogens is 483 g/mol. The standard InChI is InChI=1S/C29H31FN6O2/c1-38-24-12-9-21-17-25(29(37)31-26(21)18-24)27(28-32-33-34-36(28)23-5-3-2-4-6-23)35-15-13-20(14-16-35)19-7-10-22(30)11-8-19/h7-13,17-18,23,27H,2-6,14-16H2,1H3,(H,31,37). The number of halogens is 1. The molecule has 6 rings (SSSR count). The maximum Gasteiger partial charge on any atom is 0.253 e. The van der Waals surface area contributed by atoms with E-state index in [9.17, 15) is 9.18 Å². The minimum absolute atomic E-state index is 0.165. The van der Waals surface area contributed by atoms with Crippen molar-refractivity contribution in [3.05, 3.63) is 87.7 Å². The van der Waals surface area contributed by atoms with E-state index in [1.54, 1.807) is 7.11 Å². The van der Waals surface area contributed by atoms with Crippen molar-refractivity contribution in [2.75, 3.05) is 20.2 Å². The van der Waals surface area contributed by atoms with E-state index in [1.807, 2.05) is 41.1 Å². The van der Waals surface area contributed by atoms with Crippen LogP contribution in [0.3, 0.4) is 0 Å². The fourth-order valence-corrected chi connectivity index (χ4v) is 5.84. The SMILES string of the molecule is COc1ccc2cc(C(c3nnnn3C3CCCCC3)N3CC=C(c4ccc(F)cc4)CC3)c(=O)[nH]c2c1. The highest BCUT2D eigenvalue weighted by Gasteiger charge is 2.33. The van der Waals surface area contributed by atoms with E-state index in [1.165, 1.54) is 24.1 Å². The van der Waals surface area contributed by atoms with Crippen LogP contribution in [0.15, 0.2) is 59.4 Å². The van der Waals surface area contributed by atoms with Crippen LogP contribution in [0.2, 0.25) is 0 Å². The highest BCUT2D eigenvalue weighted by molar-refractivity contribution is 5.80. The van der Waals surface area contributed by atoms with Crippen LogP contribution in [-0.2, 0) is 0 Å². The molecule has 0 spiro atoms. The molecule has 1 atom stereocenters. The maximum atomic E-state index is 13.6. The largest absolute Gasteiger partial charge is 0.497 e. The van der Waals surface area contributed by atoms with Gasteiger partial charge in [-0.2, -0.15) is 0 Å². The lowest BCUT2D eigenvalue weighted by molar-refractivity contribution is 0.221. The number of hydrogen-bond acceptors (Lipinski definition) is 6. The normalized spacial score (nSPS) is 17.9. The van der Waals surface area contributed by atoms with Gasteiger partial charge in [-0.1, -0.05) is 37.5 Å². The van der Waals surface area contributed by atoms with E-state index in [4.69, 9.17) is 4.74 Å². The van der Waals surface area contributed by atoms with Crippen LogP contribution in [0.4, 0.5) is 4.39 Å². The van der Waals surface area contributed by atoms with Crippen LogP contribution < -0.4 is 10.3 Å². The van der Waals surface area contributed by atoms with Crippen LogP contribution in [0.1, 0.15) is 67.6 Å². The number of nitrogens with zero attached hydrogens (tertiary/aromatic N) is 5. The number of ether oxygens (including phenoxy) is 1. The average Bonchev–Trinajstić information content (AvgIpc) is 3.44. The molecular formula is C29H31FN6O2. The van der Waals surface area contributed by atoms with E-state index in [-0.39, 0.29) is 17.4 Å². The van der Waals surface area contributed by atoms with Crippen molar-refractivity contribution in [3.63, 3.8) is 0 Å². The molecule has 0 saturated heterocycles. The van der Waals surface area contributed by atoms with Gasteiger partial charge in [0, 0.05) is 24.7 Å². The Kier molecular flexibility index (Phi) is 6.76. The second kappa shape index (κ2) is 10.5. The molecule has 9 heteroatoms. The van der Waals surface area contributed by atoms with Crippen LogP contribution >= 0.6 is 0 Å². The van der Waals surface area contributed by atoms with Crippen LogP contribution in [0, 0.1) is 5.82 Å². The molecule has 38 heavy (non-hydrogen) atoms. The van der Waals surface area contributed by atoms with E-state index in [2.05, 4.69) is 31.5 Å². The zero-order valence-electron chi connectivity index (χ0n) is 21.4. The van der Waals surface area contributed by atoms with Crippen molar-refractivity contribution < 1.29 is 9.13 Å². The third kappa shape index (κ3) is 4.74. The lowest BCUT2D eigenvalue weighted by Crippen LogP contribution is -2.38. The minimum atomic E-state index is -0.409. The van der Waals surface area contributed by atoms with Gasteiger partial charge in [0.1, 0.15) is 17.6 Å². The number of tetrazole rings is 1. The molecule has 1 saturated carbocycles. The quantitative estimate of drug-likeness (QED) is 0.388. The van der Waals surface area contributed by atoms with Gasteiger partial charge in [0.15, 0.2) is 5.82 Å². The smallest absolute Gasteiger partial charge is 0.253 e. The molecule has 3 heterocycles. The van der Waals surface area contributed by atoms with Gasteiger partial charge in [-0.25, -0.2) is 9.07 Å². The van der Waals surface area contributed by atoms with Gasteiger partial charge in [0.25, 0.3) is 5.56 Å². The Morgan fingerprint density at radius 2 is 1.89 bits per heavy atom. The number of hydrogen-bond donors (Lipinski definition) is 1. The van der Waals surface area contributed by atoms with E-state index in [0.29, 0.717) is 30.2 Å². The van der Waals surface area contributed by atoms with E-state index < -0.39 is 6.04 Å². The summed E-state index contributed by atoms with van der Waals surface area (Å²) in [6.45, 7) is 1.33. The molecule has 2 aromatic heterocycles. The summed E-state index contributed by atoms with van der Waals surface area (Å²) < 4.78 is 20.8. The first-order valence-electron chi connectivity index (χ1n) is 13.3. The third-order valence-corrected chi connectivity index (χ3v) is 7.88. The summed E-state index contributed by atoms with van der Waals surface area (Å²) in [6, 6.07) is 14.1. The van der Waals surface area contributed by atoms with Gasteiger partial charge in [-0.15, -0.1) is 5.10 Å². The average molecular weight is 515 g/mol. The lowest BCUT2D eigenvalue weighted by Gasteiger charge is -2.34. The molecule has 1 unspecified atom stereocenters. The third-order valence-electron chi connectivity index (χ3n) is 7.88. The summed E-state index contributed by atoms with van der Waals surface area (Å²) in [5.74, 6) is 1.15. The van der Waals surface area contributed by atoms with Gasteiger partial charge in [-0.05, 0) is 76.5 Å². The van der Waals surface area contributed by atoms with Gasteiger partial charge >= 0.3 is 0 Å². The Morgan fingerprint density at radius 1 is 1.08 bits per heavy atom. The van der Waals surface area contributed by atoms with Crippen LogP contribution in [-0.4, -0.2) is 50.3 Å². The first kappa shape index (κ1) is 24.5.